The molecule has 1 aliphatic heterocycles. The molecule has 4 heterocycles. The van der Waals surface area contributed by atoms with E-state index in [1.54, 1.807) is 42.6 Å². The lowest BCUT2D eigenvalue weighted by Crippen LogP contribution is -2.43. The number of Topliss-reactive ketones (excluding diaryl/α,β-unsaturated/α-hetero) is 1. The van der Waals surface area contributed by atoms with Crippen LogP contribution in [0.15, 0.2) is 52.2 Å². The first kappa shape index (κ1) is 22.2. The van der Waals surface area contributed by atoms with Crippen LogP contribution >= 0.6 is 11.3 Å². The fourth-order valence-electron chi connectivity index (χ4n) is 4.24. The summed E-state index contributed by atoms with van der Waals surface area (Å²) in [6, 6.07) is 10.1. The summed E-state index contributed by atoms with van der Waals surface area (Å²) in [6.45, 7) is 1.89. The van der Waals surface area contributed by atoms with Crippen molar-refractivity contribution >= 4 is 49.1 Å². The zero-order valence-electron chi connectivity index (χ0n) is 18.4. The molecule has 9 nitrogen and oxygen atoms in total. The first-order valence-corrected chi connectivity index (χ1v) is 11.8. The second-order valence-corrected chi connectivity index (χ2v) is 9.24. The van der Waals surface area contributed by atoms with E-state index in [0.29, 0.717) is 38.3 Å². The van der Waals surface area contributed by atoms with Crippen LogP contribution in [0, 0.1) is 0 Å². The van der Waals surface area contributed by atoms with Gasteiger partial charge in [0.1, 0.15) is 16.1 Å². The number of anilines is 1. The van der Waals surface area contributed by atoms with Crippen molar-refractivity contribution in [2.24, 2.45) is 0 Å². The van der Waals surface area contributed by atoms with Crippen molar-refractivity contribution in [3.8, 4) is 0 Å². The molecule has 1 fully saturated rings. The SMILES string of the molecule is CC(=O)c1cccc(NC(=O)Cn2c(=O)n(CC3CCCO3)c(=O)c3sc4ncccc4c32)c1. The number of fused-ring (bicyclic) bond motifs is 3. The Balaban J connectivity index is 1.59. The number of carbonyl (C=O) groups is 2. The van der Waals surface area contributed by atoms with Crippen LogP contribution in [0.1, 0.15) is 30.1 Å². The van der Waals surface area contributed by atoms with Gasteiger partial charge in [0.2, 0.25) is 5.91 Å². The second-order valence-electron chi connectivity index (χ2n) is 8.24. The van der Waals surface area contributed by atoms with E-state index in [2.05, 4.69) is 10.3 Å². The van der Waals surface area contributed by atoms with Crippen LogP contribution in [-0.4, -0.2) is 38.5 Å². The van der Waals surface area contributed by atoms with E-state index in [-0.39, 0.29) is 25.0 Å². The van der Waals surface area contributed by atoms with Gasteiger partial charge in [-0.15, -0.1) is 11.3 Å². The van der Waals surface area contributed by atoms with Crippen LogP contribution in [0.5, 0.6) is 0 Å². The standard InChI is InChI=1S/C24H22N4O5S/c1-14(29)15-5-2-6-16(11-15)26-19(30)13-27-20-18-8-3-9-25-22(18)34-21(20)23(31)28(24(27)32)12-17-7-4-10-33-17/h2-3,5-6,8-9,11,17H,4,7,10,12-13H2,1H3,(H,26,30). The Hall–Kier alpha value is -3.63. The summed E-state index contributed by atoms with van der Waals surface area (Å²) in [5.41, 5.74) is 0.358. The molecule has 1 saturated heterocycles. The van der Waals surface area contributed by atoms with Gasteiger partial charge in [0.25, 0.3) is 5.56 Å². The van der Waals surface area contributed by atoms with Crippen molar-refractivity contribution in [1.29, 1.82) is 0 Å². The van der Waals surface area contributed by atoms with E-state index in [1.165, 1.54) is 22.8 Å². The lowest BCUT2D eigenvalue weighted by atomic mass is 10.1. The number of nitrogens with one attached hydrogen (secondary N) is 1. The molecule has 1 atom stereocenters. The number of thiophene rings is 1. The third-order valence-corrected chi connectivity index (χ3v) is 6.97. The number of amides is 1. The Morgan fingerprint density at radius 2 is 2.06 bits per heavy atom. The molecule has 0 bridgehead atoms. The molecule has 4 aromatic rings. The molecule has 1 unspecified atom stereocenters. The van der Waals surface area contributed by atoms with E-state index in [1.807, 2.05) is 0 Å². The Morgan fingerprint density at radius 3 is 2.82 bits per heavy atom. The number of nitrogens with zero attached hydrogens (tertiary/aromatic N) is 3. The Morgan fingerprint density at radius 1 is 1.21 bits per heavy atom. The average Bonchev–Trinajstić information content (AvgIpc) is 3.47. The summed E-state index contributed by atoms with van der Waals surface area (Å²) < 4.78 is 8.51. The highest BCUT2D eigenvalue weighted by molar-refractivity contribution is 7.25. The van der Waals surface area contributed by atoms with Crippen molar-refractivity contribution in [3.05, 3.63) is 69.0 Å². The van der Waals surface area contributed by atoms with Crippen molar-refractivity contribution in [3.63, 3.8) is 0 Å². The molecule has 1 amide bonds. The number of aromatic nitrogens is 3. The third-order valence-electron chi connectivity index (χ3n) is 5.88. The maximum Gasteiger partial charge on any atom is 0.332 e. The normalized spacial score (nSPS) is 15.7. The fraction of sp³-hybridized carbons (Fsp3) is 0.292. The molecule has 34 heavy (non-hydrogen) atoms. The predicted molar refractivity (Wildman–Crippen MR) is 130 cm³/mol. The first-order chi connectivity index (χ1) is 16.4. The van der Waals surface area contributed by atoms with E-state index in [0.717, 1.165) is 17.4 Å². The van der Waals surface area contributed by atoms with Gasteiger partial charge in [-0.05, 0) is 44.0 Å². The van der Waals surface area contributed by atoms with E-state index in [4.69, 9.17) is 4.74 Å². The van der Waals surface area contributed by atoms with Crippen LogP contribution in [0.4, 0.5) is 5.69 Å². The minimum absolute atomic E-state index is 0.118. The van der Waals surface area contributed by atoms with Crippen LogP contribution in [0.25, 0.3) is 20.4 Å². The summed E-state index contributed by atoms with van der Waals surface area (Å²) in [5, 5.41) is 3.40. The highest BCUT2D eigenvalue weighted by atomic mass is 32.1. The number of benzene rings is 1. The van der Waals surface area contributed by atoms with Gasteiger partial charge in [-0.1, -0.05) is 12.1 Å². The molecule has 1 aromatic carbocycles. The minimum Gasteiger partial charge on any atom is -0.376 e. The lowest BCUT2D eigenvalue weighted by molar-refractivity contribution is -0.116. The smallest absolute Gasteiger partial charge is 0.332 e. The van der Waals surface area contributed by atoms with Gasteiger partial charge >= 0.3 is 5.69 Å². The minimum atomic E-state index is -0.566. The zero-order chi connectivity index (χ0) is 23.8. The van der Waals surface area contributed by atoms with Gasteiger partial charge in [0.05, 0.1) is 18.2 Å². The number of hydrogen-bond acceptors (Lipinski definition) is 7. The molecule has 5 rings (SSSR count). The number of ether oxygens (including phenoxy) is 1. The van der Waals surface area contributed by atoms with Crippen molar-refractivity contribution < 1.29 is 14.3 Å². The molecule has 0 saturated carbocycles. The van der Waals surface area contributed by atoms with Gasteiger partial charge in [-0.2, -0.15) is 0 Å². The van der Waals surface area contributed by atoms with E-state index < -0.39 is 17.2 Å². The van der Waals surface area contributed by atoms with Crippen LogP contribution < -0.4 is 16.6 Å². The first-order valence-electron chi connectivity index (χ1n) is 11.0. The topological polar surface area (TPSA) is 112 Å². The average molecular weight is 479 g/mol. The predicted octanol–water partition coefficient (Wildman–Crippen LogP) is 2.79. The number of hydrogen-bond donors (Lipinski definition) is 1. The monoisotopic (exact) mass is 478 g/mol. The zero-order valence-corrected chi connectivity index (χ0v) is 19.3. The second kappa shape index (κ2) is 8.96. The number of ketones is 1. The van der Waals surface area contributed by atoms with E-state index >= 15 is 0 Å². The lowest BCUT2D eigenvalue weighted by Gasteiger charge is -2.15. The Labute approximate surface area is 197 Å². The Kier molecular flexibility index (Phi) is 5.84. The highest BCUT2D eigenvalue weighted by Crippen LogP contribution is 2.29. The maximum atomic E-state index is 13.5. The summed E-state index contributed by atoms with van der Waals surface area (Å²) in [4.78, 5) is 56.4. The largest absolute Gasteiger partial charge is 0.376 e. The van der Waals surface area contributed by atoms with Crippen molar-refractivity contribution in [2.45, 2.75) is 39.0 Å². The molecule has 174 valence electrons. The van der Waals surface area contributed by atoms with Gasteiger partial charge in [0.15, 0.2) is 5.78 Å². The van der Waals surface area contributed by atoms with Crippen LogP contribution in [-0.2, 0) is 22.6 Å². The summed E-state index contributed by atoms with van der Waals surface area (Å²) in [5.74, 6) is -0.567. The molecule has 0 spiro atoms. The van der Waals surface area contributed by atoms with Gasteiger partial charge < -0.3 is 10.1 Å². The molecule has 1 N–H and O–H groups in total. The third kappa shape index (κ3) is 4.06. The number of carbonyl (C=O) groups excluding carboxylic acids is 2. The summed E-state index contributed by atoms with van der Waals surface area (Å²) in [6.07, 6.45) is 3.06. The van der Waals surface area contributed by atoms with Gasteiger partial charge in [0, 0.05) is 29.4 Å². The molecule has 0 radical (unpaired) electrons. The van der Waals surface area contributed by atoms with Crippen molar-refractivity contribution in [1.82, 2.24) is 14.1 Å². The van der Waals surface area contributed by atoms with Gasteiger partial charge in [-0.3, -0.25) is 23.5 Å². The molecular weight excluding hydrogens is 456 g/mol. The molecule has 3 aromatic heterocycles. The summed E-state index contributed by atoms with van der Waals surface area (Å²) in [7, 11) is 0. The molecular formula is C24H22N4O5S. The quantitative estimate of drug-likeness (QED) is 0.427. The van der Waals surface area contributed by atoms with Gasteiger partial charge in [-0.25, -0.2) is 9.78 Å². The van der Waals surface area contributed by atoms with Crippen LogP contribution in [0.3, 0.4) is 0 Å². The van der Waals surface area contributed by atoms with Crippen molar-refractivity contribution in [2.75, 3.05) is 11.9 Å². The number of rotatable bonds is 6. The van der Waals surface area contributed by atoms with Crippen LogP contribution in [0.2, 0.25) is 0 Å². The maximum absolute atomic E-state index is 13.5. The molecule has 1 aliphatic rings. The van der Waals surface area contributed by atoms with E-state index in [9.17, 15) is 19.2 Å². The molecule has 10 heteroatoms. The summed E-state index contributed by atoms with van der Waals surface area (Å²) >= 11 is 1.21. The molecule has 0 aliphatic carbocycles. The fourth-order valence-corrected chi connectivity index (χ4v) is 5.34. The Bertz CT molecular complexity index is 1540. The highest BCUT2D eigenvalue weighted by Gasteiger charge is 2.24. The number of pyridine rings is 1.